The molecule has 1 aromatic carbocycles. The van der Waals surface area contributed by atoms with Crippen molar-refractivity contribution in [3.8, 4) is 0 Å². The maximum Gasteiger partial charge on any atom is 0.404 e. The summed E-state index contributed by atoms with van der Waals surface area (Å²) < 4.78 is 0. The van der Waals surface area contributed by atoms with Crippen LogP contribution in [0.5, 0.6) is 0 Å². The zero-order valence-electron chi connectivity index (χ0n) is 10.5. The van der Waals surface area contributed by atoms with E-state index in [-0.39, 0.29) is 0 Å². The number of nitrogen functional groups attached to an aromatic ring is 1. The third-order valence-corrected chi connectivity index (χ3v) is 3.39. The van der Waals surface area contributed by atoms with E-state index in [0.717, 1.165) is 25.2 Å². The summed E-state index contributed by atoms with van der Waals surface area (Å²) >= 11 is 0. The lowest BCUT2D eigenvalue weighted by Crippen LogP contribution is -2.29. The molecule has 0 aliphatic carbocycles. The van der Waals surface area contributed by atoms with E-state index in [0.29, 0.717) is 12.5 Å². The minimum absolute atomic E-state index is 0.387. The fraction of sp³-hybridized carbons (Fsp3) is 0.462. The molecule has 1 saturated heterocycles. The molecule has 5 nitrogen and oxygen atoms in total. The largest absolute Gasteiger partial charge is 0.465 e. The van der Waals surface area contributed by atoms with Crippen LogP contribution in [0.25, 0.3) is 0 Å². The molecule has 5 heteroatoms. The number of hydrogen-bond acceptors (Lipinski definition) is 3. The zero-order valence-corrected chi connectivity index (χ0v) is 10.5. The summed E-state index contributed by atoms with van der Waals surface area (Å²) in [4.78, 5) is 12.8. The van der Waals surface area contributed by atoms with Crippen LogP contribution in [-0.2, 0) is 0 Å². The molecule has 1 unspecified atom stereocenters. The number of carboxylic acid groups (broad SMARTS) is 1. The molecule has 1 aliphatic heterocycles. The number of aryl methyl sites for hydroxylation is 1. The highest BCUT2D eigenvalue weighted by atomic mass is 16.4. The van der Waals surface area contributed by atoms with Gasteiger partial charge in [0.15, 0.2) is 0 Å². The van der Waals surface area contributed by atoms with Crippen molar-refractivity contribution in [2.45, 2.75) is 13.3 Å². The van der Waals surface area contributed by atoms with Gasteiger partial charge in [0, 0.05) is 31.0 Å². The van der Waals surface area contributed by atoms with E-state index in [2.05, 4.69) is 17.1 Å². The fourth-order valence-electron chi connectivity index (χ4n) is 2.48. The van der Waals surface area contributed by atoms with Gasteiger partial charge < -0.3 is 21.1 Å². The van der Waals surface area contributed by atoms with Gasteiger partial charge in [-0.15, -0.1) is 0 Å². The van der Waals surface area contributed by atoms with Gasteiger partial charge in [-0.1, -0.05) is 0 Å². The summed E-state index contributed by atoms with van der Waals surface area (Å²) in [5.41, 5.74) is 8.88. The first-order valence-corrected chi connectivity index (χ1v) is 6.14. The van der Waals surface area contributed by atoms with Crippen LogP contribution in [0.1, 0.15) is 12.0 Å². The fourth-order valence-corrected chi connectivity index (χ4v) is 2.48. The van der Waals surface area contributed by atoms with Crippen molar-refractivity contribution < 1.29 is 9.90 Å². The molecule has 1 amide bonds. The quantitative estimate of drug-likeness (QED) is 0.712. The van der Waals surface area contributed by atoms with E-state index in [1.54, 1.807) is 0 Å². The molecule has 1 heterocycles. The minimum Gasteiger partial charge on any atom is -0.465 e. The Balaban J connectivity index is 1.97. The second-order valence-electron chi connectivity index (χ2n) is 4.83. The van der Waals surface area contributed by atoms with Gasteiger partial charge in [-0.3, -0.25) is 0 Å². The molecule has 98 valence electrons. The van der Waals surface area contributed by atoms with Crippen LogP contribution in [0.3, 0.4) is 0 Å². The number of benzene rings is 1. The molecule has 1 aromatic rings. The summed E-state index contributed by atoms with van der Waals surface area (Å²) in [6, 6.07) is 5.92. The molecule has 2 rings (SSSR count). The number of carbonyl (C=O) groups is 1. The summed E-state index contributed by atoms with van der Waals surface area (Å²) in [7, 11) is 0. The number of nitrogens with two attached hydrogens (primary N) is 1. The van der Waals surface area contributed by atoms with Gasteiger partial charge >= 0.3 is 6.09 Å². The van der Waals surface area contributed by atoms with Crippen molar-refractivity contribution in [3.05, 3.63) is 23.8 Å². The third kappa shape index (κ3) is 2.85. The Hall–Kier alpha value is -1.91. The van der Waals surface area contributed by atoms with Crippen LogP contribution >= 0.6 is 0 Å². The van der Waals surface area contributed by atoms with Gasteiger partial charge in [0.25, 0.3) is 0 Å². The molecule has 0 bridgehead atoms. The summed E-state index contributed by atoms with van der Waals surface area (Å²) in [5.74, 6) is 0.387. The van der Waals surface area contributed by atoms with Gasteiger partial charge in [0.05, 0.1) is 0 Å². The van der Waals surface area contributed by atoms with Crippen molar-refractivity contribution >= 4 is 17.5 Å². The first-order valence-electron chi connectivity index (χ1n) is 6.14. The monoisotopic (exact) mass is 249 g/mol. The van der Waals surface area contributed by atoms with E-state index in [4.69, 9.17) is 10.8 Å². The van der Waals surface area contributed by atoms with Gasteiger partial charge in [0.2, 0.25) is 0 Å². The molecule has 1 aliphatic rings. The van der Waals surface area contributed by atoms with Crippen molar-refractivity contribution in [1.29, 1.82) is 0 Å². The molecule has 0 aromatic heterocycles. The number of hydrogen-bond donors (Lipinski definition) is 3. The molecule has 1 atom stereocenters. The van der Waals surface area contributed by atoms with E-state index in [1.165, 1.54) is 11.3 Å². The summed E-state index contributed by atoms with van der Waals surface area (Å²) in [6.07, 6.45) is 0.0708. The topological polar surface area (TPSA) is 78.6 Å². The SMILES string of the molecule is Cc1cc(N)ccc1N1CCC(CNC(=O)O)C1. The smallest absolute Gasteiger partial charge is 0.404 e. The van der Waals surface area contributed by atoms with Crippen molar-refractivity contribution in [2.75, 3.05) is 30.3 Å². The van der Waals surface area contributed by atoms with E-state index in [1.807, 2.05) is 18.2 Å². The molecule has 0 saturated carbocycles. The third-order valence-electron chi connectivity index (χ3n) is 3.39. The Labute approximate surface area is 107 Å². The van der Waals surface area contributed by atoms with Crippen LogP contribution in [0.2, 0.25) is 0 Å². The van der Waals surface area contributed by atoms with Crippen LogP contribution < -0.4 is 16.0 Å². The predicted octanol–water partition coefficient (Wildman–Crippen LogP) is 1.67. The highest BCUT2D eigenvalue weighted by molar-refractivity contribution is 5.64. The highest BCUT2D eigenvalue weighted by Crippen LogP contribution is 2.27. The van der Waals surface area contributed by atoms with Gasteiger partial charge in [-0.2, -0.15) is 0 Å². The predicted molar refractivity (Wildman–Crippen MR) is 71.9 cm³/mol. The number of nitrogens with one attached hydrogen (secondary N) is 1. The van der Waals surface area contributed by atoms with Gasteiger partial charge in [-0.25, -0.2) is 4.79 Å². The van der Waals surface area contributed by atoms with Gasteiger partial charge in [0.1, 0.15) is 0 Å². The average molecular weight is 249 g/mol. The van der Waals surface area contributed by atoms with Gasteiger partial charge in [-0.05, 0) is 43.0 Å². The Bertz CT molecular complexity index is 448. The first kappa shape index (κ1) is 12.5. The normalized spacial score (nSPS) is 18.9. The Morgan fingerprint density at radius 2 is 2.39 bits per heavy atom. The summed E-state index contributed by atoms with van der Waals surface area (Å²) in [6.45, 7) is 4.44. The molecular formula is C13H19N3O2. The lowest BCUT2D eigenvalue weighted by molar-refractivity contribution is 0.192. The second-order valence-corrected chi connectivity index (χ2v) is 4.83. The van der Waals surface area contributed by atoms with E-state index in [9.17, 15) is 4.79 Å². The molecule has 0 spiro atoms. The number of amides is 1. The van der Waals surface area contributed by atoms with Crippen LogP contribution in [0, 0.1) is 12.8 Å². The summed E-state index contributed by atoms with van der Waals surface area (Å²) in [5, 5.41) is 11.0. The molecular weight excluding hydrogens is 230 g/mol. The van der Waals surface area contributed by atoms with Crippen LogP contribution in [-0.4, -0.2) is 30.8 Å². The number of rotatable bonds is 3. The lowest BCUT2D eigenvalue weighted by Gasteiger charge is -2.21. The molecule has 1 fully saturated rings. The number of anilines is 2. The molecule has 18 heavy (non-hydrogen) atoms. The van der Waals surface area contributed by atoms with Crippen LogP contribution in [0.4, 0.5) is 16.2 Å². The minimum atomic E-state index is -0.947. The maximum absolute atomic E-state index is 10.5. The van der Waals surface area contributed by atoms with Crippen molar-refractivity contribution in [2.24, 2.45) is 5.92 Å². The standard InChI is InChI=1S/C13H19N3O2/c1-9-6-11(14)2-3-12(9)16-5-4-10(8-16)7-15-13(17)18/h2-3,6,10,15H,4-5,7-8,14H2,1H3,(H,17,18). The highest BCUT2D eigenvalue weighted by Gasteiger charge is 2.23. The number of nitrogens with zero attached hydrogens (tertiary/aromatic N) is 1. The van der Waals surface area contributed by atoms with Crippen molar-refractivity contribution in [1.82, 2.24) is 5.32 Å². The Morgan fingerprint density at radius 3 is 3.06 bits per heavy atom. The van der Waals surface area contributed by atoms with Crippen LogP contribution in [0.15, 0.2) is 18.2 Å². The van der Waals surface area contributed by atoms with E-state index >= 15 is 0 Å². The second kappa shape index (κ2) is 5.16. The zero-order chi connectivity index (χ0) is 13.1. The molecule has 0 radical (unpaired) electrons. The Morgan fingerprint density at radius 1 is 1.61 bits per heavy atom. The Kier molecular flexibility index (Phi) is 3.60. The van der Waals surface area contributed by atoms with E-state index < -0.39 is 6.09 Å². The average Bonchev–Trinajstić information content (AvgIpc) is 2.75. The van der Waals surface area contributed by atoms with Crippen molar-refractivity contribution in [3.63, 3.8) is 0 Å². The first-order chi connectivity index (χ1) is 8.56. The maximum atomic E-state index is 10.5. The lowest BCUT2D eigenvalue weighted by atomic mass is 10.1. The molecule has 4 N–H and O–H groups in total.